The summed E-state index contributed by atoms with van der Waals surface area (Å²) in [5.41, 5.74) is 1.33. The summed E-state index contributed by atoms with van der Waals surface area (Å²) in [6.45, 7) is 5.06. The summed E-state index contributed by atoms with van der Waals surface area (Å²) in [4.78, 5) is 11.4. The van der Waals surface area contributed by atoms with E-state index in [9.17, 15) is 0 Å². The molecule has 0 bridgehead atoms. The van der Waals surface area contributed by atoms with E-state index >= 15 is 0 Å². The van der Waals surface area contributed by atoms with Gasteiger partial charge in [0, 0.05) is 6.07 Å². The van der Waals surface area contributed by atoms with Crippen LogP contribution >= 0.6 is 0 Å². The maximum Gasteiger partial charge on any atom is 0.292 e. The quantitative estimate of drug-likeness (QED) is 0.411. The number of nitrogens with zero attached hydrogens (tertiary/aromatic N) is 4. The van der Waals surface area contributed by atoms with Crippen molar-refractivity contribution in [1.29, 1.82) is 5.26 Å². The summed E-state index contributed by atoms with van der Waals surface area (Å²) in [5.74, 6) is 0.356. The first kappa shape index (κ1) is 9.86. The molecule has 0 aromatic carbocycles. The Morgan fingerprint density at radius 3 is 3.14 bits per heavy atom. The molecule has 5 heteroatoms. The van der Waals surface area contributed by atoms with E-state index in [4.69, 9.17) is 5.26 Å². The fourth-order valence-corrected chi connectivity index (χ4v) is 0.845. The van der Waals surface area contributed by atoms with Crippen LogP contribution in [0, 0.1) is 18.4 Å². The molecule has 0 radical (unpaired) electrons. The first-order chi connectivity index (χ1) is 6.77. The van der Waals surface area contributed by atoms with Gasteiger partial charge >= 0.3 is 0 Å². The number of aryl methyl sites for hydroxylation is 1. The van der Waals surface area contributed by atoms with E-state index in [1.54, 1.807) is 19.2 Å². The van der Waals surface area contributed by atoms with Crippen molar-refractivity contribution in [3.05, 3.63) is 18.0 Å². The lowest BCUT2D eigenvalue weighted by Gasteiger charge is -1.99. The van der Waals surface area contributed by atoms with Crippen LogP contribution in [0.3, 0.4) is 0 Å². The van der Waals surface area contributed by atoms with Crippen LogP contribution in [0.1, 0.15) is 5.69 Å². The van der Waals surface area contributed by atoms with Crippen molar-refractivity contribution in [1.82, 2.24) is 4.98 Å². The molecular weight excluding hydrogens is 180 g/mol. The largest absolute Gasteiger partial charge is 0.386 e. The number of ether oxygens (including phenoxy) is 1. The van der Waals surface area contributed by atoms with Gasteiger partial charge in [-0.25, -0.2) is 4.99 Å². The molecule has 0 unspecified atom stereocenters. The van der Waals surface area contributed by atoms with E-state index < -0.39 is 0 Å². The molecule has 14 heavy (non-hydrogen) atoms. The Hall–Kier alpha value is -2.22. The SMILES string of the molecule is C=NC=Nc1cc(OC#N)cnc1C. The second kappa shape index (κ2) is 4.72. The van der Waals surface area contributed by atoms with Crippen molar-refractivity contribution in [2.45, 2.75) is 6.92 Å². The van der Waals surface area contributed by atoms with Gasteiger partial charge in [-0.2, -0.15) is 0 Å². The van der Waals surface area contributed by atoms with Crippen molar-refractivity contribution in [2.75, 3.05) is 0 Å². The summed E-state index contributed by atoms with van der Waals surface area (Å²) in [5, 5.41) is 8.29. The Balaban J connectivity index is 3.02. The van der Waals surface area contributed by atoms with Crippen LogP contribution in [0.25, 0.3) is 0 Å². The zero-order valence-corrected chi connectivity index (χ0v) is 7.64. The van der Waals surface area contributed by atoms with Crippen LogP contribution in [0.5, 0.6) is 5.75 Å². The van der Waals surface area contributed by atoms with E-state index in [0.29, 0.717) is 11.4 Å². The molecule has 70 valence electrons. The molecule has 0 amide bonds. The highest BCUT2D eigenvalue weighted by Crippen LogP contribution is 2.21. The normalized spacial score (nSPS) is 9.71. The molecule has 0 aliphatic rings. The lowest BCUT2D eigenvalue weighted by molar-refractivity contribution is 0.504. The number of hydrogen-bond donors (Lipinski definition) is 0. The molecule has 0 aliphatic carbocycles. The Labute approximate surface area is 81.4 Å². The third kappa shape index (κ3) is 2.38. The van der Waals surface area contributed by atoms with Gasteiger partial charge in [0.1, 0.15) is 6.34 Å². The van der Waals surface area contributed by atoms with Gasteiger partial charge in [-0.15, -0.1) is 5.26 Å². The van der Waals surface area contributed by atoms with Crippen molar-refractivity contribution in [2.24, 2.45) is 9.98 Å². The highest BCUT2D eigenvalue weighted by atomic mass is 16.5. The second-order valence-corrected chi connectivity index (χ2v) is 2.40. The van der Waals surface area contributed by atoms with Crippen LogP contribution < -0.4 is 4.74 Å². The van der Waals surface area contributed by atoms with Crippen LogP contribution in [0.2, 0.25) is 0 Å². The maximum atomic E-state index is 8.29. The topological polar surface area (TPSA) is 70.6 Å². The number of pyridine rings is 1. The summed E-state index contributed by atoms with van der Waals surface area (Å²) in [7, 11) is 0. The van der Waals surface area contributed by atoms with Crippen molar-refractivity contribution >= 4 is 18.7 Å². The van der Waals surface area contributed by atoms with Gasteiger partial charge in [-0.1, -0.05) is 0 Å². The average Bonchev–Trinajstić information content (AvgIpc) is 2.19. The first-order valence-electron chi connectivity index (χ1n) is 3.79. The fraction of sp³-hybridized carbons (Fsp3) is 0.111. The molecule has 0 N–H and O–H groups in total. The van der Waals surface area contributed by atoms with E-state index in [1.165, 1.54) is 12.5 Å². The first-order valence-corrected chi connectivity index (χ1v) is 3.79. The van der Waals surface area contributed by atoms with E-state index in [-0.39, 0.29) is 0 Å². The Morgan fingerprint density at radius 2 is 2.50 bits per heavy atom. The predicted molar refractivity (Wildman–Crippen MR) is 52.9 cm³/mol. The second-order valence-electron chi connectivity index (χ2n) is 2.40. The zero-order valence-electron chi connectivity index (χ0n) is 7.64. The number of nitriles is 1. The number of aromatic nitrogens is 1. The van der Waals surface area contributed by atoms with E-state index in [1.807, 2.05) is 0 Å². The zero-order chi connectivity index (χ0) is 10.4. The van der Waals surface area contributed by atoms with Crippen LogP contribution in [0.4, 0.5) is 5.69 Å². The van der Waals surface area contributed by atoms with Crippen molar-refractivity contribution in [3.63, 3.8) is 0 Å². The number of rotatable bonds is 3. The molecule has 0 saturated heterocycles. The Kier molecular flexibility index (Phi) is 3.33. The maximum absolute atomic E-state index is 8.29. The molecule has 0 spiro atoms. The lowest BCUT2D eigenvalue weighted by atomic mass is 10.3. The van der Waals surface area contributed by atoms with E-state index in [2.05, 4.69) is 26.4 Å². The molecule has 1 rings (SSSR count). The van der Waals surface area contributed by atoms with Gasteiger partial charge in [0.15, 0.2) is 5.75 Å². The average molecular weight is 188 g/mol. The van der Waals surface area contributed by atoms with Gasteiger partial charge < -0.3 is 4.74 Å². The fourth-order valence-electron chi connectivity index (χ4n) is 0.845. The summed E-state index contributed by atoms with van der Waals surface area (Å²) in [6, 6.07) is 1.60. The Bertz CT molecular complexity index is 406. The molecule has 1 heterocycles. The van der Waals surface area contributed by atoms with Gasteiger partial charge in [0.05, 0.1) is 17.6 Å². The standard InChI is InChI=1S/C9H8N4O/c1-7-9(13-6-11-2)3-8(4-12-7)14-5-10/h3-4,6H,2H2,1H3. The highest BCUT2D eigenvalue weighted by molar-refractivity contribution is 5.67. The molecule has 0 saturated carbocycles. The molecule has 0 fully saturated rings. The highest BCUT2D eigenvalue weighted by Gasteiger charge is 2.00. The Morgan fingerprint density at radius 1 is 1.71 bits per heavy atom. The van der Waals surface area contributed by atoms with Crippen LogP contribution in [0.15, 0.2) is 22.2 Å². The van der Waals surface area contributed by atoms with E-state index in [0.717, 1.165) is 5.69 Å². The van der Waals surface area contributed by atoms with Crippen molar-refractivity contribution < 1.29 is 4.74 Å². The van der Waals surface area contributed by atoms with Gasteiger partial charge in [-0.3, -0.25) is 9.98 Å². The molecule has 5 nitrogen and oxygen atoms in total. The number of hydrogen-bond acceptors (Lipinski definition) is 4. The number of aliphatic imine (C=N–C) groups is 2. The van der Waals surface area contributed by atoms with Gasteiger partial charge in [-0.05, 0) is 13.6 Å². The third-order valence-corrected chi connectivity index (χ3v) is 1.48. The monoisotopic (exact) mass is 188 g/mol. The van der Waals surface area contributed by atoms with Gasteiger partial charge in [0.25, 0.3) is 6.26 Å². The summed E-state index contributed by atoms with van der Waals surface area (Å²) < 4.78 is 4.60. The molecule has 0 atom stereocenters. The molecule has 0 aliphatic heterocycles. The summed E-state index contributed by atoms with van der Waals surface area (Å²) in [6.07, 6.45) is 4.32. The molecular formula is C9H8N4O. The van der Waals surface area contributed by atoms with Crippen LogP contribution in [-0.2, 0) is 0 Å². The minimum Gasteiger partial charge on any atom is -0.386 e. The smallest absolute Gasteiger partial charge is 0.292 e. The third-order valence-electron chi connectivity index (χ3n) is 1.48. The summed E-state index contributed by atoms with van der Waals surface area (Å²) >= 11 is 0. The molecule has 1 aromatic rings. The lowest BCUT2D eigenvalue weighted by Crippen LogP contribution is -1.86. The predicted octanol–water partition coefficient (Wildman–Crippen LogP) is 1.61. The van der Waals surface area contributed by atoms with Crippen LogP contribution in [-0.4, -0.2) is 18.0 Å². The van der Waals surface area contributed by atoms with Gasteiger partial charge in [0.2, 0.25) is 0 Å². The van der Waals surface area contributed by atoms with Crippen molar-refractivity contribution in [3.8, 4) is 12.0 Å². The minimum absolute atomic E-state index is 0.356. The minimum atomic E-state index is 0.356. The molecule has 1 aromatic heterocycles.